The second-order valence-corrected chi connectivity index (χ2v) is 7.03. The number of rotatable bonds is 5. The molecule has 0 bridgehead atoms. The highest BCUT2D eigenvalue weighted by Crippen LogP contribution is 2.36. The topological polar surface area (TPSA) is 53.7 Å². The van der Waals surface area contributed by atoms with Crippen LogP contribution in [0.4, 0.5) is 8.78 Å². The van der Waals surface area contributed by atoms with Gasteiger partial charge in [0.05, 0.1) is 16.1 Å². The Bertz CT molecular complexity index is 776. The average Bonchev–Trinajstić information content (AvgIpc) is 2.92. The van der Waals surface area contributed by atoms with Gasteiger partial charge in [0.2, 0.25) is 5.92 Å². The van der Waals surface area contributed by atoms with Gasteiger partial charge in [0, 0.05) is 44.3 Å². The molecule has 2 aromatic heterocycles. The number of nitrogens with one attached hydrogen (secondary N) is 1. The minimum absolute atomic E-state index is 0.0448. The number of alkyl halides is 2. The number of carbonyl (C=O) groups is 1. The summed E-state index contributed by atoms with van der Waals surface area (Å²) >= 11 is 6.24. The van der Waals surface area contributed by atoms with Crippen LogP contribution >= 0.6 is 11.6 Å². The number of pyridine rings is 1. The van der Waals surface area contributed by atoms with Gasteiger partial charge in [-0.05, 0) is 37.0 Å². The molecule has 2 heterocycles. The largest absolute Gasteiger partial charge is 0.396 e. The fourth-order valence-electron chi connectivity index (χ4n) is 3.55. The molecule has 7 heteroatoms. The predicted molar refractivity (Wildman–Crippen MR) is 92.4 cm³/mol. The van der Waals surface area contributed by atoms with Crippen LogP contribution in [0.3, 0.4) is 0 Å². The number of carbonyl (C=O) groups excluding carboxylic acids is 1. The molecular weight excluding hydrogens is 350 g/mol. The lowest BCUT2D eigenvalue weighted by molar-refractivity contribution is -0.0518. The van der Waals surface area contributed by atoms with E-state index in [0.717, 1.165) is 5.69 Å². The van der Waals surface area contributed by atoms with Crippen molar-refractivity contribution in [3.05, 3.63) is 40.7 Å². The number of halogens is 3. The fraction of sp³-hybridized carbons (Fsp3) is 0.500. The third-order valence-corrected chi connectivity index (χ3v) is 5.03. The summed E-state index contributed by atoms with van der Waals surface area (Å²) in [7, 11) is 0. The smallest absolute Gasteiger partial charge is 0.253 e. The molecule has 0 saturated heterocycles. The highest BCUT2D eigenvalue weighted by Gasteiger charge is 2.36. The molecule has 0 aromatic carbocycles. The maximum atomic E-state index is 13.5. The van der Waals surface area contributed by atoms with Crippen LogP contribution in [0, 0.1) is 5.92 Å². The summed E-state index contributed by atoms with van der Waals surface area (Å²) in [6.45, 7) is 0.183. The summed E-state index contributed by atoms with van der Waals surface area (Å²) in [5.41, 5.74) is 1.74. The molecule has 1 saturated carbocycles. The standard InChI is InChI=1S/C18H21ClF2N2O2/c19-15-4-2-7-23-13(5-8-24)9-14(16(15)23)17(25)22-11-12-3-1-6-18(20,21)10-12/h2,4,7,9,12,24H,1,3,5-6,8,10-11H2,(H,22,25). The average molecular weight is 371 g/mol. The van der Waals surface area contributed by atoms with Crippen LogP contribution in [-0.2, 0) is 6.42 Å². The van der Waals surface area contributed by atoms with E-state index in [2.05, 4.69) is 5.32 Å². The first-order valence-electron chi connectivity index (χ1n) is 8.46. The van der Waals surface area contributed by atoms with Crippen molar-refractivity contribution in [2.75, 3.05) is 13.2 Å². The van der Waals surface area contributed by atoms with Crippen molar-refractivity contribution in [2.45, 2.75) is 38.0 Å². The molecule has 0 radical (unpaired) electrons. The van der Waals surface area contributed by atoms with Crippen LogP contribution < -0.4 is 5.32 Å². The zero-order valence-electron chi connectivity index (χ0n) is 13.8. The highest BCUT2D eigenvalue weighted by atomic mass is 35.5. The Kier molecular flexibility index (Phi) is 5.29. The summed E-state index contributed by atoms with van der Waals surface area (Å²) in [4.78, 5) is 12.6. The van der Waals surface area contributed by atoms with E-state index in [-0.39, 0.29) is 37.8 Å². The molecule has 4 nitrogen and oxygen atoms in total. The van der Waals surface area contributed by atoms with Crippen LogP contribution in [0.2, 0.25) is 5.02 Å². The number of hydrogen-bond acceptors (Lipinski definition) is 2. The van der Waals surface area contributed by atoms with Gasteiger partial charge in [0.25, 0.3) is 5.91 Å². The lowest BCUT2D eigenvalue weighted by atomic mass is 9.86. The Morgan fingerprint density at radius 2 is 2.28 bits per heavy atom. The molecule has 2 aromatic rings. The number of aliphatic hydroxyl groups excluding tert-OH is 1. The van der Waals surface area contributed by atoms with Gasteiger partial charge in [-0.15, -0.1) is 0 Å². The Labute approximate surface area is 149 Å². The van der Waals surface area contributed by atoms with Gasteiger partial charge in [-0.25, -0.2) is 8.78 Å². The van der Waals surface area contributed by atoms with Crippen molar-refractivity contribution in [3.63, 3.8) is 0 Å². The summed E-state index contributed by atoms with van der Waals surface area (Å²) in [6.07, 6.45) is 3.11. The Hall–Kier alpha value is -1.66. The Balaban J connectivity index is 1.78. The van der Waals surface area contributed by atoms with E-state index in [1.165, 1.54) is 0 Å². The minimum Gasteiger partial charge on any atom is -0.396 e. The van der Waals surface area contributed by atoms with Crippen LogP contribution in [0.15, 0.2) is 24.4 Å². The maximum absolute atomic E-state index is 13.5. The molecule has 25 heavy (non-hydrogen) atoms. The number of aromatic nitrogens is 1. The number of fused-ring (bicyclic) bond motifs is 1. The zero-order valence-corrected chi connectivity index (χ0v) is 14.5. The summed E-state index contributed by atoms with van der Waals surface area (Å²) in [6, 6.07) is 5.16. The van der Waals surface area contributed by atoms with Crippen molar-refractivity contribution in [1.82, 2.24) is 9.72 Å². The van der Waals surface area contributed by atoms with Crippen molar-refractivity contribution < 1.29 is 18.7 Å². The number of amides is 1. The number of hydrogen-bond donors (Lipinski definition) is 2. The van der Waals surface area contributed by atoms with Crippen LogP contribution in [0.1, 0.15) is 41.7 Å². The number of nitrogens with zero attached hydrogens (tertiary/aromatic N) is 1. The van der Waals surface area contributed by atoms with Crippen molar-refractivity contribution in [3.8, 4) is 0 Å². The van der Waals surface area contributed by atoms with E-state index in [9.17, 15) is 18.7 Å². The second-order valence-electron chi connectivity index (χ2n) is 6.63. The molecule has 1 atom stereocenters. The summed E-state index contributed by atoms with van der Waals surface area (Å²) in [5.74, 6) is -3.17. The van der Waals surface area contributed by atoms with Gasteiger partial charge in [-0.2, -0.15) is 0 Å². The van der Waals surface area contributed by atoms with E-state index in [0.29, 0.717) is 35.4 Å². The predicted octanol–water partition coefficient (Wildman–Crippen LogP) is 3.68. The van der Waals surface area contributed by atoms with E-state index >= 15 is 0 Å². The molecule has 2 N–H and O–H groups in total. The van der Waals surface area contributed by atoms with Crippen molar-refractivity contribution in [2.24, 2.45) is 5.92 Å². The first-order chi connectivity index (χ1) is 11.9. The van der Waals surface area contributed by atoms with E-state index in [1.807, 2.05) is 0 Å². The highest BCUT2D eigenvalue weighted by molar-refractivity contribution is 6.34. The van der Waals surface area contributed by atoms with E-state index in [1.54, 1.807) is 28.8 Å². The molecule has 0 spiro atoms. The van der Waals surface area contributed by atoms with Gasteiger partial charge in [-0.1, -0.05) is 11.6 Å². The molecule has 3 rings (SSSR count). The third-order valence-electron chi connectivity index (χ3n) is 4.73. The second kappa shape index (κ2) is 7.30. The maximum Gasteiger partial charge on any atom is 0.253 e. The molecule has 1 unspecified atom stereocenters. The molecule has 0 aliphatic heterocycles. The lowest BCUT2D eigenvalue weighted by Gasteiger charge is -2.28. The first kappa shape index (κ1) is 18.1. The first-order valence-corrected chi connectivity index (χ1v) is 8.84. The van der Waals surface area contributed by atoms with Crippen LogP contribution in [0.25, 0.3) is 5.52 Å². The minimum atomic E-state index is -2.63. The van der Waals surface area contributed by atoms with E-state index in [4.69, 9.17) is 11.6 Å². The Morgan fingerprint density at radius 3 is 3.00 bits per heavy atom. The molecule has 1 aliphatic carbocycles. The Morgan fingerprint density at radius 1 is 1.48 bits per heavy atom. The van der Waals surface area contributed by atoms with Crippen LogP contribution in [0.5, 0.6) is 0 Å². The molecular formula is C18H21ClF2N2O2. The van der Waals surface area contributed by atoms with E-state index < -0.39 is 5.92 Å². The van der Waals surface area contributed by atoms with Gasteiger partial charge >= 0.3 is 0 Å². The monoisotopic (exact) mass is 370 g/mol. The molecule has 1 fully saturated rings. The molecule has 1 amide bonds. The van der Waals surface area contributed by atoms with Crippen LogP contribution in [-0.4, -0.2) is 34.5 Å². The van der Waals surface area contributed by atoms with Gasteiger partial charge in [0.15, 0.2) is 0 Å². The summed E-state index contributed by atoms with van der Waals surface area (Å²) in [5, 5.41) is 12.4. The molecule has 1 aliphatic rings. The molecule has 136 valence electrons. The van der Waals surface area contributed by atoms with Gasteiger partial charge < -0.3 is 14.8 Å². The zero-order chi connectivity index (χ0) is 18.0. The normalized spacial score (nSPS) is 19.9. The van der Waals surface area contributed by atoms with Gasteiger partial charge in [-0.3, -0.25) is 4.79 Å². The lowest BCUT2D eigenvalue weighted by Crippen LogP contribution is -2.35. The number of aliphatic hydroxyl groups is 1. The van der Waals surface area contributed by atoms with Crippen molar-refractivity contribution >= 4 is 23.0 Å². The summed E-state index contributed by atoms with van der Waals surface area (Å²) < 4.78 is 28.8. The quantitative estimate of drug-likeness (QED) is 0.843. The van der Waals surface area contributed by atoms with Gasteiger partial charge in [0.1, 0.15) is 0 Å². The fourth-order valence-corrected chi connectivity index (χ4v) is 3.81. The third kappa shape index (κ3) is 3.96. The SMILES string of the molecule is O=C(NCC1CCCC(F)(F)C1)c1cc(CCO)n2cccc(Cl)c12. The van der Waals surface area contributed by atoms with Crippen molar-refractivity contribution in [1.29, 1.82) is 0 Å².